The van der Waals surface area contributed by atoms with Gasteiger partial charge < -0.3 is 14.8 Å². The van der Waals surface area contributed by atoms with Crippen LogP contribution in [0.2, 0.25) is 0 Å². The number of ether oxygens (including phenoxy) is 2. The fourth-order valence-electron chi connectivity index (χ4n) is 3.79. The van der Waals surface area contributed by atoms with E-state index in [2.05, 4.69) is 35.3 Å². The van der Waals surface area contributed by atoms with Crippen LogP contribution in [0.4, 0.5) is 4.79 Å². The maximum atomic E-state index is 12.4. The minimum Gasteiger partial charge on any atom is -0.490 e. The van der Waals surface area contributed by atoms with Crippen LogP contribution in [0.5, 0.6) is 5.75 Å². The van der Waals surface area contributed by atoms with Crippen LogP contribution in [0.15, 0.2) is 42.7 Å². The van der Waals surface area contributed by atoms with Crippen molar-refractivity contribution in [1.29, 1.82) is 5.26 Å². The summed E-state index contributed by atoms with van der Waals surface area (Å²) in [5, 5.41) is 17.0. The highest BCUT2D eigenvalue weighted by molar-refractivity contribution is 5.69. The van der Waals surface area contributed by atoms with Gasteiger partial charge in [0, 0.05) is 17.8 Å². The van der Waals surface area contributed by atoms with Crippen molar-refractivity contribution in [3.05, 3.63) is 48.3 Å². The quantitative estimate of drug-likeness (QED) is 0.546. The maximum Gasteiger partial charge on any atom is 0.408 e. The number of alkyl carbamates (subject to hydrolysis) is 1. The van der Waals surface area contributed by atoms with E-state index < -0.39 is 17.2 Å². The molecule has 8 nitrogen and oxygen atoms in total. The minimum atomic E-state index is -0.672. The van der Waals surface area contributed by atoms with E-state index in [1.807, 2.05) is 45.9 Å². The fraction of sp³-hybridized carbons (Fsp3) is 0.440. The third kappa shape index (κ3) is 6.22. The van der Waals surface area contributed by atoms with Gasteiger partial charge in [0.05, 0.1) is 23.0 Å². The smallest absolute Gasteiger partial charge is 0.408 e. The summed E-state index contributed by atoms with van der Waals surface area (Å²) in [4.78, 5) is 16.7. The zero-order valence-corrected chi connectivity index (χ0v) is 20.0. The average molecular weight is 450 g/mol. The second-order valence-corrected chi connectivity index (χ2v) is 9.83. The van der Waals surface area contributed by atoms with E-state index >= 15 is 0 Å². The monoisotopic (exact) mass is 449 g/mol. The topological polar surface area (TPSA) is 102 Å². The van der Waals surface area contributed by atoms with Crippen LogP contribution in [0.1, 0.15) is 53.5 Å². The summed E-state index contributed by atoms with van der Waals surface area (Å²) in [6.07, 6.45) is 3.58. The lowest BCUT2D eigenvalue weighted by atomic mass is 9.91. The van der Waals surface area contributed by atoms with Gasteiger partial charge in [-0.2, -0.15) is 10.4 Å². The number of carbonyl (C=O) groups excluding carboxylic acids is 1. The lowest BCUT2D eigenvalue weighted by Gasteiger charge is -2.33. The second-order valence-electron chi connectivity index (χ2n) is 9.83. The van der Waals surface area contributed by atoms with Crippen molar-refractivity contribution in [2.45, 2.75) is 59.1 Å². The first kappa shape index (κ1) is 24.1. The highest BCUT2D eigenvalue weighted by Gasteiger charge is 2.31. The number of carbonyl (C=O) groups is 1. The molecule has 1 aromatic carbocycles. The number of fused-ring (bicyclic) bond motifs is 1. The lowest BCUT2D eigenvalue weighted by molar-refractivity contribution is 0.0408. The van der Waals surface area contributed by atoms with Gasteiger partial charge in [0.1, 0.15) is 24.0 Å². The molecule has 3 aromatic rings. The number of nitrogens with zero attached hydrogens (tertiary/aromatic N) is 4. The Morgan fingerprint density at radius 2 is 1.94 bits per heavy atom. The summed E-state index contributed by atoms with van der Waals surface area (Å²) in [6, 6.07) is 11.3. The Morgan fingerprint density at radius 3 is 2.61 bits per heavy atom. The molecule has 0 fully saturated rings. The highest BCUT2D eigenvalue weighted by atomic mass is 16.6. The fourth-order valence-corrected chi connectivity index (χ4v) is 3.79. The zero-order chi connectivity index (χ0) is 24.2. The van der Waals surface area contributed by atoms with Crippen molar-refractivity contribution in [3.8, 4) is 23.1 Å². The van der Waals surface area contributed by atoms with Gasteiger partial charge in [-0.15, -0.1) is 0 Å². The third-order valence-corrected chi connectivity index (χ3v) is 4.89. The molecule has 0 aliphatic rings. The number of rotatable bonds is 7. The van der Waals surface area contributed by atoms with Gasteiger partial charge >= 0.3 is 6.09 Å². The van der Waals surface area contributed by atoms with Crippen LogP contribution in [-0.2, 0) is 4.74 Å². The van der Waals surface area contributed by atoms with Gasteiger partial charge in [-0.3, -0.25) is 0 Å². The number of nitrogens with one attached hydrogen (secondary N) is 1. The first-order valence-corrected chi connectivity index (χ1v) is 11.0. The molecular formula is C25H31N5O3. The van der Waals surface area contributed by atoms with E-state index in [1.165, 1.54) is 0 Å². The molecule has 1 amide bonds. The van der Waals surface area contributed by atoms with Gasteiger partial charge in [-0.05, 0) is 64.3 Å². The van der Waals surface area contributed by atoms with Crippen LogP contribution < -0.4 is 10.1 Å². The zero-order valence-electron chi connectivity index (χ0n) is 20.0. The van der Waals surface area contributed by atoms with Crippen LogP contribution in [0.3, 0.4) is 0 Å². The maximum absolute atomic E-state index is 12.4. The van der Waals surface area contributed by atoms with E-state index in [1.54, 1.807) is 29.0 Å². The van der Waals surface area contributed by atoms with Crippen LogP contribution in [-0.4, -0.2) is 38.4 Å². The molecule has 33 heavy (non-hydrogen) atoms. The standard InChI is InChI=1S/C25H31N5O3/c1-17(2)14-25(6,29-23(31)33-24(3,4)5)16-32-21-8-7-18(13-19(21)15-26)20-9-11-27-22-10-12-28-30(20)22/h7-13,17H,14,16H2,1-6H3,(H,29,31). The number of nitriles is 1. The van der Waals surface area contributed by atoms with Gasteiger partial charge in [0.15, 0.2) is 5.65 Å². The molecule has 3 rings (SSSR count). The number of hydrogen-bond donors (Lipinski definition) is 1. The van der Waals surface area contributed by atoms with E-state index in [4.69, 9.17) is 9.47 Å². The van der Waals surface area contributed by atoms with Crippen molar-refractivity contribution in [3.63, 3.8) is 0 Å². The molecule has 0 aliphatic heterocycles. The van der Waals surface area contributed by atoms with Crippen molar-refractivity contribution in [1.82, 2.24) is 19.9 Å². The molecule has 0 saturated heterocycles. The molecule has 0 bridgehead atoms. The Balaban J connectivity index is 1.81. The second kappa shape index (κ2) is 9.49. The third-order valence-electron chi connectivity index (χ3n) is 4.89. The van der Waals surface area contributed by atoms with E-state index in [-0.39, 0.29) is 6.61 Å². The van der Waals surface area contributed by atoms with Crippen molar-refractivity contribution >= 4 is 11.7 Å². The Bertz CT molecular complexity index is 1170. The molecule has 1 atom stereocenters. The van der Waals surface area contributed by atoms with Crippen LogP contribution in [0, 0.1) is 17.2 Å². The van der Waals surface area contributed by atoms with Gasteiger partial charge in [0.2, 0.25) is 0 Å². The Hall–Kier alpha value is -3.60. The minimum absolute atomic E-state index is 0.192. The summed E-state index contributed by atoms with van der Waals surface area (Å²) in [5.41, 5.74) is 1.50. The van der Waals surface area contributed by atoms with Crippen molar-refractivity contribution in [2.75, 3.05) is 6.61 Å². The predicted molar refractivity (Wildman–Crippen MR) is 126 cm³/mol. The summed E-state index contributed by atoms with van der Waals surface area (Å²) in [7, 11) is 0. The Morgan fingerprint density at radius 1 is 1.18 bits per heavy atom. The Kier molecular flexibility index (Phi) is 6.92. The predicted octanol–water partition coefficient (Wildman–Crippen LogP) is 4.98. The highest BCUT2D eigenvalue weighted by Crippen LogP contribution is 2.28. The summed E-state index contributed by atoms with van der Waals surface area (Å²) in [6.45, 7) is 11.7. The number of benzene rings is 1. The Labute approximate surface area is 194 Å². The van der Waals surface area contributed by atoms with Crippen LogP contribution >= 0.6 is 0 Å². The largest absolute Gasteiger partial charge is 0.490 e. The number of aromatic nitrogens is 3. The van der Waals surface area contributed by atoms with E-state index in [0.29, 0.717) is 23.7 Å². The van der Waals surface area contributed by atoms with Crippen molar-refractivity contribution < 1.29 is 14.3 Å². The van der Waals surface area contributed by atoms with E-state index in [9.17, 15) is 10.1 Å². The molecule has 8 heteroatoms. The molecule has 0 radical (unpaired) electrons. The summed E-state index contributed by atoms with van der Waals surface area (Å²) < 4.78 is 13.2. The average Bonchev–Trinajstić information content (AvgIpc) is 3.19. The van der Waals surface area contributed by atoms with E-state index in [0.717, 1.165) is 16.9 Å². The molecule has 2 heterocycles. The van der Waals surface area contributed by atoms with Crippen molar-refractivity contribution in [2.24, 2.45) is 5.92 Å². The molecule has 0 aliphatic carbocycles. The molecule has 0 spiro atoms. The SMILES string of the molecule is CC(C)CC(C)(COc1ccc(-c2ccnc3ccnn23)cc1C#N)NC(=O)OC(C)(C)C. The van der Waals surface area contributed by atoms with Crippen LogP contribution in [0.25, 0.3) is 16.9 Å². The molecule has 2 aromatic heterocycles. The lowest BCUT2D eigenvalue weighted by Crippen LogP contribution is -2.52. The van der Waals surface area contributed by atoms with Gasteiger partial charge in [-0.1, -0.05) is 13.8 Å². The normalized spacial score (nSPS) is 13.4. The molecule has 0 saturated carbocycles. The van der Waals surface area contributed by atoms with Gasteiger partial charge in [0.25, 0.3) is 0 Å². The molecule has 1 N–H and O–H groups in total. The number of amides is 1. The molecular weight excluding hydrogens is 418 g/mol. The summed E-state index contributed by atoms with van der Waals surface area (Å²) >= 11 is 0. The number of hydrogen-bond acceptors (Lipinski definition) is 6. The first-order chi connectivity index (χ1) is 15.5. The molecule has 1 unspecified atom stereocenters. The first-order valence-electron chi connectivity index (χ1n) is 11.0. The van der Waals surface area contributed by atoms with Gasteiger partial charge in [-0.25, -0.2) is 14.3 Å². The molecule has 174 valence electrons. The summed E-state index contributed by atoms with van der Waals surface area (Å²) in [5.74, 6) is 0.766.